The number of anilines is 2. The molecule has 0 fully saturated rings. The second-order valence-electron chi connectivity index (χ2n) is 5.79. The van der Waals surface area contributed by atoms with E-state index < -0.39 is 0 Å². The molecule has 2 aromatic rings. The number of aromatic nitrogens is 3. The molecule has 0 aliphatic heterocycles. The first-order chi connectivity index (χ1) is 12.1. The summed E-state index contributed by atoms with van der Waals surface area (Å²) in [5, 5.41) is 14.4. The molecule has 0 radical (unpaired) electrons. The molecule has 0 aliphatic rings. The molecule has 0 saturated carbocycles. The number of methoxy groups -OCH3 is 2. The maximum Gasteiger partial charge on any atom is 0.244 e. The Kier molecular flexibility index (Phi) is 7.21. The third-order valence-corrected chi connectivity index (χ3v) is 3.55. The molecular formula is C17H26N6O2. The van der Waals surface area contributed by atoms with Crippen LogP contribution in [-0.2, 0) is 6.54 Å². The molecule has 0 atom stereocenters. The molecular weight excluding hydrogens is 320 g/mol. The van der Waals surface area contributed by atoms with Crippen LogP contribution in [0, 0.1) is 0 Å². The number of nitrogens with one attached hydrogen (secondary N) is 2. The highest BCUT2D eigenvalue weighted by atomic mass is 16.5. The molecule has 8 heteroatoms. The van der Waals surface area contributed by atoms with E-state index in [2.05, 4.69) is 44.8 Å². The summed E-state index contributed by atoms with van der Waals surface area (Å²) in [5.41, 5.74) is 1.05. The van der Waals surface area contributed by atoms with E-state index in [-0.39, 0.29) is 0 Å². The van der Waals surface area contributed by atoms with Gasteiger partial charge >= 0.3 is 0 Å². The molecule has 1 aromatic heterocycles. The van der Waals surface area contributed by atoms with Gasteiger partial charge in [0.15, 0.2) is 17.3 Å². The van der Waals surface area contributed by atoms with Crippen LogP contribution in [0.2, 0.25) is 0 Å². The van der Waals surface area contributed by atoms with E-state index in [1.165, 1.54) is 0 Å². The summed E-state index contributed by atoms with van der Waals surface area (Å²) in [6.07, 6.45) is 2.62. The van der Waals surface area contributed by atoms with Gasteiger partial charge in [-0.15, -0.1) is 5.10 Å². The number of rotatable bonds is 10. The summed E-state index contributed by atoms with van der Waals surface area (Å²) < 4.78 is 10.6. The maximum atomic E-state index is 5.32. The quantitative estimate of drug-likeness (QED) is 0.631. The number of ether oxygens (including phenoxy) is 2. The summed E-state index contributed by atoms with van der Waals surface area (Å²) in [7, 11) is 7.35. The van der Waals surface area contributed by atoms with E-state index in [0.29, 0.717) is 29.8 Å². The van der Waals surface area contributed by atoms with E-state index in [1.54, 1.807) is 20.4 Å². The van der Waals surface area contributed by atoms with Gasteiger partial charge in [0.25, 0.3) is 0 Å². The second kappa shape index (κ2) is 9.63. The van der Waals surface area contributed by atoms with Gasteiger partial charge in [-0.1, -0.05) is 6.07 Å². The molecule has 0 saturated heterocycles. The Morgan fingerprint density at radius 2 is 1.88 bits per heavy atom. The van der Waals surface area contributed by atoms with Crippen molar-refractivity contribution in [3.63, 3.8) is 0 Å². The fourth-order valence-corrected chi connectivity index (χ4v) is 2.24. The van der Waals surface area contributed by atoms with Gasteiger partial charge in [0.05, 0.1) is 20.4 Å². The topological polar surface area (TPSA) is 84.4 Å². The molecule has 8 nitrogen and oxygen atoms in total. The van der Waals surface area contributed by atoms with Crippen LogP contribution >= 0.6 is 0 Å². The zero-order chi connectivity index (χ0) is 18.1. The van der Waals surface area contributed by atoms with Crippen LogP contribution in [0.1, 0.15) is 12.0 Å². The normalized spacial score (nSPS) is 10.6. The molecule has 136 valence electrons. The Hall–Kier alpha value is -2.61. The van der Waals surface area contributed by atoms with Crippen LogP contribution in [0.3, 0.4) is 0 Å². The summed E-state index contributed by atoms with van der Waals surface area (Å²) in [6.45, 7) is 2.41. The predicted molar refractivity (Wildman–Crippen MR) is 98.4 cm³/mol. The lowest BCUT2D eigenvalue weighted by molar-refractivity contribution is 0.354. The van der Waals surface area contributed by atoms with Crippen LogP contribution in [0.5, 0.6) is 11.5 Å². The summed E-state index contributed by atoms with van der Waals surface area (Å²) in [4.78, 5) is 6.56. The molecule has 0 aliphatic carbocycles. The van der Waals surface area contributed by atoms with Gasteiger partial charge in [-0.2, -0.15) is 10.1 Å². The van der Waals surface area contributed by atoms with Crippen LogP contribution < -0.4 is 20.1 Å². The number of hydrogen-bond donors (Lipinski definition) is 2. The monoisotopic (exact) mass is 346 g/mol. The third kappa shape index (κ3) is 6.07. The van der Waals surface area contributed by atoms with Gasteiger partial charge in [0.2, 0.25) is 5.95 Å². The van der Waals surface area contributed by atoms with E-state index in [4.69, 9.17) is 9.47 Å². The van der Waals surface area contributed by atoms with Crippen molar-refractivity contribution in [1.29, 1.82) is 0 Å². The first-order valence-electron chi connectivity index (χ1n) is 8.15. The number of hydrogen-bond acceptors (Lipinski definition) is 8. The van der Waals surface area contributed by atoms with Gasteiger partial charge in [-0.25, -0.2) is 0 Å². The SMILES string of the molecule is COc1ccc(CNc2cnnc(NCCCN(C)C)n2)cc1OC. The average molecular weight is 346 g/mol. The average Bonchev–Trinajstić information content (AvgIpc) is 2.63. The van der Waals surface area contributed by atoms with Crippen molar-refractivity contribution in [1.82, 2.24) is 20.1 Å². The van der Waals surface area contributed by atoms with Crippen molar-refractivity contribution in [2.45, 2.75) is 13.0 Å². The van der Waals surface area contributed by atoms with Gasteiger partial charge in [-0.05, 0) is 44.8 Å². The van der Waals surface area contributed by atoms with Crippen molar-refractivity contribution in [3.8, 4) is 11.5 Å². The third-order valence-electron chi connectivity index (χ3n) is 3.55. The van der Waals surface area contributed by atoms with E-state index in [0.717, 1.165) is 25.1 Å². The highest BCUT2D eigenvalue weighted by Gasteiger charge is 2.05. The fraction of sp³-hybridized carbons (Fsp3) is 0.471. The van der Waals surface area contributed by atoms with Gasteiger partial charge < -0.3 is 25.0 Å². The Balaban J connectivity index is 1.89. The van der Waals surface area contributed by atoms with Crippen LogP contribution in [0.25, 0.3) is 0 Å². The molecule has 0 bridgehead atoms. The molecule has 0 spiro atoms. The van der Waals surface area contributed by atoms with Gasteiger partial charge in [0, 0.05) is 13.1 Å². The lowest BCUT2D eigenvalue weighted by atomic mass is 10.2. The van der Waals surface area contributed by atoms with Crippen molar-refractivity contribution in [3.05, 3.63) is 30.0 Å². The number of nitrogens with zero attached hydrogens (tertiary/aromatic N) is 4. The largest absolute Gasteiger partial charge is 0.493 e. The maximum absolute atomic E-state index is 5.32. The molecule has 2 N–H and O–H groups in total. The Labute approximate surface area is 148 Å². The van der Waals surface area contributed by atoms with Crippen molar-refractivity contribution < 1.29 is 9.47 Å². The second-order valence-corrected chi connectivity index (χ2v) is 5.79. The zero-order valence-electron chi connectivity index (χ0n) is 15.2. The standard InChI is InChI=1S/C17H26N6O2/c1-23(2)9-5-8-18-17-21-16(12-20-22-17)19-11-13-6-7-14(24-3)15(10-13)25-4/h6-7,10,12H,5,8-9,11H2,1-4H3,(H2,18,19,21,22). The van der Waals surface area contributed by atoms with E-state index in [9.17, 15) is 0 Å². The van der Waals surface area contributed by atoms with Crippen molar-refractivity contribution in [2.75, 3.05) is 52.0 Å². The summed E-state index contributed by atoms with van der Waals surface area (Å²) in [6, 6.07) is 5.79. The first-order valence-corrected chi connectivity index (χ1v) is 8.15. The summed E-state index contributed by atoms with van der Waals surface area (Å²) in [5.74, 6) is 2.60. The predicted octanol–water partition coefficient (Wildman–Crippen LogP) is 1.86. The minimum Gasteiger partial charge on any atom is -0.493 e. The number of benzene rings is 1. The van der Waals surface area contributed by atoms with Crippen molar-refractivity contribution >= 4 is 11.8 Å². The van der Waals surface area contributed by atoms with Gasteiger partial charge in [0.1, 0.15) is 0 Å². The fourth-order valence-electron chi connectivity index (χ4n) is 2.24. The Morgan fingerprint density at radius 3 is 2.60 bits per heavy atom. The molecule has 1 aromatic carbocycles. The summed E-state index contributed by atoms with van der Waals surface area (Å²) >= 11 is 0. The first kappa shape index (κ1) is 18.7. The van der Waals surface area contributed by atoms with Crippen LogP contribution in [0.4, 0.5) is 11.8 Å². The minimum atomic E-state index is 0.524. The Morgan fingerprint density at radius 1 is 1.08 bits per heavy atom. The van der Waals surface area contributed by atoms with Crippen LogP contribution in [-0.4, -0.2) is 61.5 Å². The molecule has 0 amide bonds. The smallest absolute Gasteiger partial charge is 0.244 e. The highest BCUT2D eigenvalue weighted by molar-refractivity contribution is 5.44. The van der Waals surface area contributed by atoms with E-state index in [1.807, 2.05) is 18.2 Å². The molecule has 2 rings (SSSR count). The zero-order valence-corrected chi connectivity index (χ0v) is 15.2. The van der Waals surface area contributed by atoms with Crippen LogP contribution in [0.15, 0.2) is 24.4 Å². The molecule has 25 heavy (non-hydrogen) atoms. The minimum absolute atomic E-state index is 0.524. The lowest BCUT2D eigenvalue weighted by Crippen LogP contribution is -2.17. The Bertz CT molecular complexity index is 665. The molecule has 1 heterocycles. The van der Waals surface area contributed by atoms with E-state index >= 15 is 0 Å². The van der Waals surface area contributed by atoms with Gasteiger partial charge in [-0.3, -0.25) is 0 Å². The highest BCUT2D eigenvalue weighted by Crippen LogP contribution is 2.27. The molecule has 0 unspecified atom stereocenters. The van der Waals surface area contributed by atoms with Crippen molar-refractivity contribution in [2.24, 2.45) is 0 Å². The lowest BCUT2D eigenvalue weighted by Gasteiger charge is -2.11.